The number of pyridine rings is 1. The van der Waals surface area contributed by atoms with Gasteiger partial charge in [0.15, 0.2) is 12.3 Å². The third kappa shape index (κ3) is 4.69. The number of rotatable bonds is 4. The quantitative estimate of drug-likeness (QED) is 0.520. The fourth-order valence-corrected chi connectivity index (χ4v) is 1.85. The van der Waals surface area contributed by atoms with E-state index in [2.05, 4.69) is 5.32 Å². The summed E-state index contributed by atoms with van der Waals surface area (Å²) in [4.78, 5) is 23.8. The molecule has 0 aliphatic heterocycles. The lowest BCUT2D eigenvalue weighted by atomic mass is 10.2. The lowest BCUT2D eigenvalue weighted by Gasteiger charge is -2.13. The molecule has 2 aromatic rings. The number of amides is 1. The zero-order valence-electron chi connectivity index (χ0n) is 12.9. The van der Waals surface area contributed by atoms with Gasteiger partial charge in [-0.3, -0.25) is 4.79 Å². The molecule has 25 heavy (non-hydrogen) atoms. The minimum absolute atomic E-state index is 0.111. The molecule has 1 aromatic carbocycles. The molecule has 1 N–H and O–H groups in total. The Balaban J connectivity index is 1.98. The fraction of sp³-hybridized carbons (Fsp3) is 0.188. The fourth-order valence-electron chi connectivity index (χ4n) is 1.85. The molecule has 0 saturated carbocycles. The molecule has 1 heterocycles. The van der Waals surface area contributed by atoms with Crippen molar-refractivity contribution < 1.29 is 32.2 Å². The Bertz CT molecular complexity index is 776. The second-order valence-corrected chi connectivity index (χ2v) is 5.02. The van der Waals surface area contributed by atoms with Gasteiger partial charge in [-0.2, -0.15) is 17.9 Å². The van der Waals surface area contributed by atoms with Gasteiger partial charge < -0.3 is 15.3 Å². The number of nitrogens with one attached hydrogen (secondary N) is 1. The van der Waals surface area contributed by atoms with Gasteiger partial charge in [-0.1, -0.05) is 0 Å². The van der Waals surface area contributed by atoms with Crippen LogP contribution in [0.1, 0.15) is 23.0 Å². The molecule has 0 aliphatic carbocycles. The van der Waals surface area contributed by atoms with Gasteiger partial charge in [0.05, 0.1) is 5.56 Å². The van der Waals surface area contributed by atoms with Crippen molar-refractivity contribution in [3.05, 3.63) is 65.1 Å². The molecule has 0 radical (unpaired) electrons. The first-order valence-electron chi connectivity index (χ1n) is 7.06. The van der Waals surface area contributed by atoms with Gasteiger partial charge in [0, 0.05) is 17.8 Å². The average Bonchev–Trinajstić information content (AvgIpc) is 2.54. The maximum atomic E-state index is 12.5. The van der Waals surface area contributed by atoms with Crippen molar-refractivity contribution in [3.8, 4) is 0 Å². The standard InChI is InChI=1S/C16H13F3N2O4/c1-10(25-15(23)13-4-2-3-9-21(13)24)14(22)20-12-7-5-11(6-8-12)16(17,18)19/h2-10H,1H3,(H,20,22)/t10-/m1/s1. The van der Waals surface area contributed by atoms with Gasteiger partial charge >= 0.3 is 17.8 Å². The highest BCUT2D eigenvalue weighted by Crippen LogP contribution is 2.29. The van der Waals surface area contributed by atoms with E-state index < -0.39 is 29.7 Å². The van der Waals surface area contributed by atoms with Crippen LogP contribution < -0.4 is 10.0 Å². The summed E-state index contributed by atoms with van der Waals surface area (Å²) in [6.45, 7) is 1.27. The minimum Gasteiger partial charge on any atom is -0.618 e. The minimum atomic E-state index is -4.48. The van der Waals surface area contributed by atoms with Crippen molar-refractivity contribution >= 4 is 17.6 Å². The van der Waals surface area contributed by atoms with Crippen LogP contribution in [0.3, 0.4) is 0 Å². The summed E-state index contributed by atoms with van der Waals surface area (Å²) in [6, 6.07) is 7.90. The number of hydrogen-bond donors (Lipinski definition) is 1. The number of aromatic nitrogens is 1. The largest absolute Gasteiger partial charge is 0.618 e. The molecule has 0 fully saturated rings. The zero-order chi connectivity index (χ0) is 18.6. The molecule has 0 unspecified atom stereocenters. The highest BCUT2D eigenvalue weighted by molar-refractivity contribution is 5.96. The van der Waals surface area contributed by atoms with Gasteiger partial charge in [-0.05, 0) is 37.3 Å². The predicted octanol–water partition coefficient (Wildman–Crippen LogP) is 2.52. The second-order valence-electron chi connectivity index (χ2n) is 5.02. The highest BCUT2D eigenvalue weighted by atomic mass is 19.4. The summed E-state index contributed by atoms with van der Waals surface area (Å²) in [5.74, 6) is -1.74. The Kier molecular flexibility index (Phi) is 5.26. The zero-order valence-corrected chi connectivity index (χ0v) is 12.9. The lowest BCUT2D eigenvalue weighted by Crippen LogP contribution is -2.37. The number of alkyl halides is 3. The number of ether oxygens (including phenoxy) is 1. The van der Waals surface area contributed by atoms with E-state index in [9.17, 15) is 28.0 Å². The van der Waals surface area contributed by atoms with Crippen LogP contribution >= 0.6 is 0 Å². The Morgan fingerprint density at radius 2 is 1.80 bits per heavy atom. The number of benzene rings is 1. The van der Waals surface area contributed by atoms with Crippen LogP contribution in [0.15, 0.2) is 48.7 Å². The van der Waals surface area contributed by atoms with Gasteiger partial charge in [0.2, 0.25) is 0 Å². The number of esters is 1. The van der Waals surface area contributed by atoms with Crippen LogP contribution in [-0.2, 0) is 15.7 Å². The summed E-state index contributed by atoms with van der Waals surface area (Å²) < 4.78 is 42.6. The summed E-state index contributed by atoms with van der Waals surface area (Å²) in [6.07, 6.45) is -4.63. The van der Waals surface area contributed by atoms with E-state index in [1.807, 2.05) is 0 Å². The molecule has 1 aromatic heterocycles. The van der Waals surface area contributed by atoms with Gasteiger partial charge in [-0.15, -0.1) is 0 Å². The van der Waals surface area contributed by atoms with E-state index >= 15 is 0 Å². The summed E-state index contributed by atoms with van der Waals surface area (Å²) in [5.41, 5.74) is -1.04. The van der Waals surface area contributed by atoms with Gasteiger partial charge in [0.25, 0.3) is 5.91 Å². The SMILES string of the molecule is C[C@@H](OC(=O)c1cccc[n+]1[O-])C(=O)Nc1ccc(C(F)(F)F)cc1. The molecule has 6 nitrogen and oxygen atoms in total. The topological polar surface area (TPSA) is 82.3 Å². The molecule has 9 heteroatoms. The first-order chi connectivity index (χ1) is 11.7. The molecule has 0 saturated heterocycles. The van der Waals surface area contributed by atoms with Crippen molar-refractivity contribution in [1.29, 1.82) is 0 Å². The Hall–Kier alpha value is -3.10. The average molecular weight is 354 g/mol. The number of hydrogen-bond acceptors (Lipinski definition) is 4. The smallest absolute Gasteiger partial charge is 0.416 e. The molecular formula is C16H13F3N2O4. The molecule has 2 rings (SSSR count). The molecule has 1 amide bonds. The maximum absolute atomic E-state index is 12.5. The van der Waals surface area contributed by atoms with Crippen molar-refractivity contribution in [3.63, 3.8) is 0 Å². The Labute approximate surface area is 140 Å². The monoisotopic (exact) mass is 354 g/mol. The summed E-state index contributed by atoms with van der Waals surface area (Å²) in [7, 11) is 0. The molecule has 0 spiro atoms. The van der Waals surface area contributed by atoms with E-state index in [4.69, 9.17) is 4.74 Å². The van der Waals surface area contributed by atoms with Gasteiger partial charge in [-0.25, -0.2) is 4.79 Å². The van der Waals surface area contributed by atoms with Crippen LogP contribution in [-0.4, -0.2) is 18.0 Å². The Morgan fingerprint density at radius 3 is 2.36 bits per heavy atom. The van der Waals surface area contributed by atoms with Crippen molar-refractivity contribution in [2.45, 2.75) is 19.2 Å². The third-order valence-electron chi connectivity index (χ3n) is 3.17. The number of halogens is 3. The van der Waals surface area contributed by atoms with Crippen LogP contribution in [0.5, 0.6) is 0 Å². The first-order valence-corrected chi connectivity index (χ1v) is 7.06. The normalized spacial score (nSPS) is 12.3. The number of anilines is 1. The Morgan fingerprint density at radius 1 is 1.16 bits per heavy atom. The van der Waals surface area contributed by atoms with E-state index in [0.717, 1.165) is 30.5 Å². The molecule has 1 atom stereocenters. The molecule has 0 aliphatic rings. The van der Waals surface area contributed by atoms with Crippen molar-refractivity contribution in [1.82, 2.24) is 0 Å². The maximum Gasteiger partial charge on any atom is 0.416 e. The van der Waals surface area contributed by atoms with Crippen molar-refractivity contribution in [2.75, 3.05) is 5.32 Å². The van der Waals surface area contributed by atoms with E-state index in [0.29, 0.717) is 4.73 Å². The summed E-state index contributed by atoms with van der Waals surface area (Å²) >= 11 is 0. The third-order valence-corrected chi connectivity index (χ3v) is 3.17. The van der Waals surface area contributed by atoms with Crippen LogP contribution in [0.25, 0.3) is 0 Å². The number of carbonyl (C=O) groups is 2. The molecular weight excluding hydrogens is 341 g/mol. The second kappa shape index (κ2) is 7.20. The first kappa shape index (κ1) is 18.2. The predicted molar refractivity (Wildman–Crippen MR) is 80.4 cm³/mol. The number of carbonyl (C=O) groups excluding carboxylic acids is 2. The van der Waals surface area contributed by atoms with Crippen molar-refractivity contribution in [2.24, 2.45) is 0 Å². The molecule has 0 bridgehead atoms. The highest BCUT2D eigenvalue weighted by Gasteiger charge is 2.30. The molecule has 132 valence electrons. The van der Waals surface area contributed by atoms with Gasteiger partial charge in [0.1, 0.15) is 0 Å². The van der Waals surface area contributed by atoms with E-state index in [-0.39, 0.29) is 11.4 Å². The lowest BCUT2D eigenvalue weighted by molar-refractivity contribution is -0.608. The van der Waals surface area contributed by atoms with E-state index in [1.54, 1.807) is 0 Å². The number of nitrogens with zero attached hydrogens (tertiary/aromatic N) is 1. The van der Waals surface area contributed by atoms with Crippen LogP contribution in [0.4, 0.5) is 18.9 Å². The summed E-state index contributed by atoms with van der Waals surface area (Å²) in [5, 5.41) is 13.8. The van der Waals surface area contributed by atoms with Crippen LogP contribution in [0.2, 0.25) is 0 Å². The van der Waals surface area contributed by atoms with Crippen LogP contribution in [0, 0.1) is 5.21 Å². The van der Waals surface area contributed by atoms with E-state index in [1.165, 1.54) is 25.1 Å².